The van der Waals surface area contributed by atoms with Crippen LogP contribution >= 0.6 is 0 Å². The van der Waals surface area contributed by atoms with E-state index < -0.39 is 5.97 Å². The average molecular weight is 438 g/mol. The molecule has 0 atom stereocenters. The van der Waals surface area contributed by atoms with Crippen LogP contribution in [0.25, 0.3) is 11.0 Å². The number of nitrogens with zero attached hydrogens (tertiary/aromatic N) is 1. The maximum absolute atomic E-state index is 12.6. The van der Waals surface area contributed by atoms with Crippen molar-refractivity contribution in [3.05, 3.63) is 63.9 Å². The monoisotopic (exact) mass is 437 g/mol. The molecule has 2 aromatic carbocycles. The number of carboxylic acid groups (broad SMARTS) is 1. The van der Waals surface area contributed by atoms with Crippen molar-refractivity contribution in [1.82, 2.24) is 4.90 Å². The third kappa shape index (κ3) is 5.13. The predicted octanol–water partition coefficient (Wildman–Crippen LogP) is 5.30. The van der Waals surface area contributed by atoms with E-state index in [1.54, 1.807) is 19.0 Å². The van der Waals surface area contributed by atoms with E-state index in [4.69, 9.17) is 14.3 Å². The van der Waals surface area contributed by atoms with Crippen LogP contribution in [0.2, 0.25) is 0 Å². The van der Waals surface area contributed by atoms with Crippen molar-refractivity contribution in [3.63, 3.8) is 0 Å². The molecule has 0 aliphatic carbocycles. The van der Waals surface area contributed by atoms with Crippen LogP contribution in [0.15, 0.2) is 34.7 Å². The molecule has 1 amide bonds. The highest BCUT2D eigenvalue weighted by molar-refractivity contribution is 5.98. The SMILES string of the molecule is CCCc1cc2cc(C(=O)N(C)C)cc(COc3ccc(CCC(=O)O)c(C)c3C)c2o1. The molecular formula is C26H31NO5. The summed E-state index contributed by atoms with van der Waals surface area (Å²) >= 11 is 0. The minimum Gasteiger partial charge on any atom is -0.488 e. The Labute approximate surface area is 188 Å². The van der Waals surface area contributed by atoms with Gasteiger partial charge in [-0.05, 0) is 67.6 Å². The van der Waals surface area contributed by atoms with Crippen LogP contribution in [0.5, 0.6) is 5.75 Å². The molecule has 1 N–H and O–H groups in total. The fourth-order valence-corrected chi connectivity index (χ4v) is 3.81. The van der Waals surface area contributed by atoms with Gasteiger partial charge in [0.25, 0.3) is 5.91 Å². The third-order valence-electron chi connectivity index (χ3n) is 5.73. The van der Waals surface area contributed by atoms with E-state index in [9.17, 15) is 9.59 Å². The van der Waals surface area contributed by atoms with Crippen molar-refractivity contribution < 1.29 is 23.8 Å². The van der Waals surface area contributed by atoms with Crippen molar-refractivity contribution in [2.75, 3.05) is 14.1 Å². The van der Waals surface area contributed by atoms with Gasteiger partial charge in [0.05, 0.1) is 0 Å². The van der Waals surface area contributed by atoms with Gasteiger partial charge in [-0.1, -0.05) is 13.0 Å². The summed E-state index contributed by atoms with van der Waals surface area (Å²) in [6, 6.07) is 9.52. The Hall–Kier alpha value is -3.28. The van der Waals surface area contributed by atoms with Gasteiger partial charge in [-0.25, -0.2) is 0 Å². The van der Waals surface area contributed by atoms with Crippen LogP contribution in [0.1, 0.15) is 58.1 Å². The van der Waals surface area contributed by atoms with Crippen molar-refractivity contribution in [1.29, 1.82) is 0 Å². The summed E-state index contributed by atoms with van der Waals surface area (Å²) in [5.41, 5.74) is 5.19. The topological polar surface area (TPSA) is 80.0 Å². The van der Waals surface area contributed by atoms with Gasteiger partial charge in [-0.2, -0.15) is 0 Å². The lowest BCUT2D eigenvalue weighted by molar-refractivity contribution is -0.136. The van der Waals surface area contributed by atoms with Gasteiger partial charge in [0.1, 0.15) is 23.7 Å². The molecule has 170 valence electrons. The minimum absolute atomic E-state index is 0.0683. The van der Waals surface area contributed by atoms with E-state index in [0.717, 1.165) is 57.6 Å². The maximum atomic E-state index is 12.6. The summed E-state index contributed by atoms with van der Waals surface area (Å²) in [5.74, 6) is 0.757. The Balaban J connectivity index is 1.91. The van der Waals surface area contributed by atoms with Crippen molar-refractivity contribution >= 4 is 22.8 Å². The summed E-state index contributed by atoms with van der Waals surface area (Å²) < 4.78 is 12.2. The number of carbonyl (C=O) groups is 2. The van der Waals surface area contributed by atoms with Gasteiger partial charge < -0.3 is 19.2 Å². The fourth-order valence-electron chi connectivity index (χ4n) is 3.81. The van der Waals surface area contributed by atoms with Crippen molar-refractivity contribution in [2.24, 2.45) is 0 Å². The lowest BCUT2D eigenvalue weighted by Crippen LogP contribution is -2.21. The number of carboxylic acids is 1. The number of carbonyl (C=O) groups excluding carboxylic acids is 1. The molecule has 0 unspecified atom stereocenters. The van der Waals surface area contributed by atoms with Crippen molar-refractivity contribution in [3.8, 4) is 5.75 Å². The Morgan fingerprint density at radius 1 is 1.03 bits per heavy atom. The Kier molecular flexibility index (Phi) is 7.23. The fraction of sp³-hybridized carbons (Fsp3) is 0.385. The molecule has 1 aromatic heterocycles. The average Bonchev–Trinajstić information content (AvgIpc) is 3.16. The van der Waals surface area contributed by atoms with Gasteiger partial charge in [0.2, 0.25) is 0 Å². The van der Waals surface area contributed by atoms with Gasteiger partial charge in [-0.15, -0.1) is 0 Å². The third-order valence-corrected chi connectivity index (χ3v) is 5.73. The summed E-state index contributed by atoms with van der Waals surface area (Å²) in [6.45, 7) is 6.32. The highest BCUT2D eigenvalue weighted by Crippen LogP contribution is 2.30. The molecular weight excluding hydrogens is 406 g/mol. The lowest BCUT2D eigenvalue weighted by atomic mass is 9.99. The Morgan fingerprint density at radius 2 is 1.78 bits per heavy atom. The van der Waals surface area contributed by atoms with E-state index in [1.807, 2.05) is 44.2 Å². The summed E-state index contributed by atoms with van der Waals surface area (Å²) in [4.78, 5) is 25.1. The molecule has 6 nitrogen and oxygen atoms in total. The Morgan fingerprint density at radius 3 is 2.44 bits per heavy atom. The molecule has 0 spiro atoms. The van der Waals surface area contributed by atoms with E-state index in [0.29, 0.717) is 12.0 Å². The first kappa shape index (κ1) is 23.4. The van der Waals surface area contributed by atoms with Gasteiger partial charge in [0.15, 0.2) is 0 Å². The van der Waals surface area contributed by atoms with Crippen LogP contribution < -0.4 is 4.74 Å². The number of hydrogen-bond donors (Lipinski definition) is 1. The van der Waals surface area contributed by atoms with Gasteiger partial charge >= 0.3 is 5.97 Å². The quantitative estimate of drug-likeness (QED) is 0.491. The molecule has 3 rings (SSSR count). The zero-order valence-corrected chi connectivity index (χ0v) is 19.4. The molecule has 0 saturated carbocycles. The number of aryl methyl sites for hydroxylation is 2. The second-order valence-corrected chi connectivity index (χ2v) is 8.37. The van der Waals surface area contributed by atoms with Gasteiger partial charge in [0, 0.05) is 43.5 Å². The summed E-state index contributed by atoms with van der Waals surface area (Å²) in [5, 5.41) is 9.86. The molecule has 0 saturated heterocycles. The number of fused-ring (bicyclic) bond motifs is 1. The van der Waals surface area contributed by atoms with Crippen LogP contribution in [0.4, 0.5) is 0 Å². The molecule has 0 radical (unpaired) electrons. The van der Waals surface area contributed by atoms with Crippen LogP contribution in [-0.4, -0.2) is 36.0 Å². The first-order chi connectivity index (χ1) is 15.2. The van der Waals surface area contributed by atoms with E-state index >= 15 is 0 Å². The molecule has 0 aliphatic heterocycles. The van der Waals surface area contributed by atoms with Gasteiger partial charge in [-0.3, -0.25) is 9.59 Å². The van der Waals surface area contributed by atoms with E-state index in [1.165, 1.54) is 0 Å². The number of furan rings is 1. The predicted molar refractivity (Wildman–Crippen MR) is 124 cm³/mol. The normalized spacial score (nSPS) is 11.0. The number of hydrogen-bond acceptors (Lipinski definition) is 4. The number of amides is 1. The van der Waals surface area contributed by atoms with E-state index in [2.05, 4.69) is 6.92 Å². The first-order valence-electron chi connectivity index (χ1n) is 10.9. The molecule has 6 heteroatoms. The van der Waals surface area contributed by atoms with Crippen LogP contribution in [0.3, 0.4) is 0 Å². The molecule has 0 fully saturated rings. The van der Waals surface area contributed by atoms with Crippen LogP contribution in [0, 0.1) is 13.8 Å². The number of aliphatic carboxylic acids is 1. The zero-order valence-electron chi connectivity index (χ0n) is 19.4. The number of ether oxygens (including phenoxy) is 1. The number of benzene rings is 2. The largest absolute Gasteiger partial charge is 0.488 e. The second-order valence-electron chi connectivity index (χ2n) is 8.37. The molecule has 0 aliphatic rings. The Bertz CT molecular complexity index is 1140. The van der Waals surface area contributed by atoms with E-state index in [-0.39, 0.29) is 18.9 Å². The first-order valence-corrected chi connectivity index (χ1v) is 10.9. The standard InChI is InChI=1S/C26H31NO5/c1-6-7-22-14-19-12-20(26(30)27(4)5)13-21(25(19)32-22)15-31-23-10-8-18(9-11-24(28)29)16(2)17(23)3/h8,10,12-14H,6-7,9,11,15H2,1-5H3,(H,28,29). The van der Waals surface area contributed by atoms with Crippen molar-refractivity contribution in [2.45, 2.75) is 53.1 Å². The summed E-state index contributed by atoms with van der Waals surface area (Å²) in [6.07, 6.45) is 2.40. The highest BCUT2D eigenvalue weighted by atomic mass is 16.5. The number of rotatable bonds is 9. The molecule has 32 heavy (non-hydrogen) atoms. The highest BCUT2D eigenvalue weighted by Gasteiger charge is 2.17. The van der Waals surface area contributed by atoms with Crippen LogP contribution in [-0.2, 0) is 24.2 Å². The lowest BCUT2D eigenvalue weighted by Gasteiger charge is -2.15. The maximum Gasteiger partial charge on any atom is 0.303 e. The summed E-state index contributed by atoms with van der Waals surface area (Å²) in [7, 11) is 3.47. The molecule has 3 aromatic rings. The zero-order chi connectivity index (χ0) is 23.4. The smallest absolute Gasteiger partial charge is 0.303 e. The molecule has 0 bridgehead atoms. The minimum atomic E-state index is -0.806. The molecule has 1 heterocycles. The second kappa shape index (κ2) is 9.90.